The number of esters is 1. The molecule has 6 nitrogen and oxygen atoms in total. The summed E-state index contributed by atoms with van der Waals surface area (Å²) in [4.78, 5) is 21.3. The smallest absolute Gasteiger partial charge is 0.469 e. The molecule has 1 N–H and O–H groups in total. The van der Waals surface area contributed by atoms with E-state index in [0.29, 0.717) is 0 Å². The van der Waals surface area contributed by atoms with E-state index in [4.69, 9.17) is 0 Å². The normalized spacial score (nSPS) is 14.0. The van der Waals surface area contributed by atoms with Crippen LogP contribution in [0.25, 0.3) is 0 Å². The van der Waals surface area contributed by atoms with Gasteiger partial charge in [0.15, 0.2) is 0 Å². The molecule has 0 bridgehead atoms. The molecule has 0 aromatic heterocycles. The molecule has 0 aromatic carbocycles. The number of carbonyl (C=O) groups is 2. The zero-order valence-corrected chi connectivity index (χ0v) is 8.40. The maximum absolute atomic E-state index is 10.8. The van der Waals surface area contributed by atoms with Gasteiger partial charge in [0.2, 0.25) is 0 Å². The number of carbonyl (C=O) groups excluding carboxylic acids is 2. The lowest BCUT2D eigenvalue weighted by Gasteiger charge is -2.20. The Morgan fingerprint density at radius 2 is 1.86 bits per heavy atom. The van der Waals surface area contributed by atoms with Crippen LogP contribution in [0.15, 0.2) is 0 Å². The van der Waals surface area contributed by atoms with Crippen molar-refractivity contribution in [2.75, 3.05) is 20.8 Å². The molecule has 0 heterocycles. The van der Waals surface area contributed by atoms with Crippen LogP contribution in [0.1, 0.15) is 13.3 Å². The topological polar surface area (TPSA) is 82.1 Å². The maximum atomic E-state index is 10.8. The Morgan fingerprint density at radius 3 is 2.29 bits per heavy atom. The van der Waals surface area contributed by atoms with Gasteiger partial charge in [-0.3, -0.25) is 4.79 Å². The van der Waals surface area contributed by atoms with Crippen LogP contribution in [0.5, 0.6) is 0 Å². The van der Waals surface area contributed by atoms with Crippen molar-refractivity contribution in [3.63, 3.8) is 0 Å². The lowest BCUT2D eigenvalue weighted by atomic mass is 10.0. The zero-order valence-electron chi connectivity index (χ0n) is 8.40. The Hall–Kier alpha value is -1.30. The predicted octanol–water partition coefficient (Wildman–Crippen LogP) is 0.0835. The van der Waals surface area contributed by atoms with Gasteiger partial charge in [0.25, 0.3) is 0 Å². The third kappa shape index (κ3) is 5.36. The van der Waals surface area contributed by atoms with E-state index < -0.39 is 17.7 Å². The van der Waals surface area contributed by atoms with Crippen molar-refractivity contribution in [1.29, 1.82) is 0 Å². The highest BCUT2D eigenvalue weighted by Gasteiger charge is 2.27. The van der Waals surface area contributed by atoms with E-state index in [1.807, 2.05) is 0 Å². The number of methoxy groups -OCH3 is 2. The van der Waals surface area contributed by atoms with E-state index in [1.54, 1.807) is 0 Å². The highest BCUT2D eigenvalue weighted by atomic mass is 16.7. The van der Waals surface area contributed by atoms with Gasteiger partial charge in [-0.2, -0.15) is 0 Å². The van der Waals surface area contributed by atoms with Crippen molar-refractivity contribution in [3.8, 4) is 0 Å². The van der Waals surface area contributed by atoms with Crippen molar-refractivity contribution in [1.82, 2.24) is 0 Å². The number of hydrogen-bond acceptors (Lipinski definition) is 6. The van der Waals surface area contributed by atoms with Crippen molar-refractivity contribution in [3.05, 3.63) is 0 Å². The molecule has 0 spiro atoms. The fraction of sp³-hybridized carbons (Fsp3) is 0.750. The standard InChI is InChI=1S/C8H14O6/c1-8(11,4-6(9)12-2)5-14-7(10)13-3/h11H,4-5H2,1-3H3. The molecule has 0 aromatic rings. The largest absolute Gasteiger partial charge is 0.508 e. The lowest BCUT2D eigenvalue weighted by molar-refractivity contribution is -0.147. The van der Waals surface area contributed by atoms with Crippen LogP contribution in [-0.4, -0.2) is 43.7 Å². The van der Waals surface area contributed by atoms with Gasteiger partial charge in [0.1, 0.15) is 12.2 Å². The van der Waals surface area contributed by atoms with E-state index in [-0.39, 0.29) is 13.0 Å². The average molecular weight is 206 g/mol. The molecule has 0 aliphatic carbocycles. The van der Waals surface area contributed by atoms with E-state index >= 15 is 0 Å². The number of aliphatic hydroxyl groups is 1. The summed E-state index contributed by atoms with van der Waals surface area (Å²) in [6.45, 7) is 1.03. The second-order valence-electron chi connectivity index (χ2n) is 2.99. The van der Waals surface area contributed by atoms with Crippen LogP contribution < -0.4 is 0 Å². The van der Waals surface area contributed by atoms with Crippen molar-refractivity contribution in [2.24, 2.45) is 0 Å². The molecular weight excluding hydrogens is 192 g/mol. The summed E-state index contributed by atoms with van der Waals surface area (Å²) in [5.74, 6) is -0.580. The highest BCUT2D eigenvalue weighted by Crippen LogP contribution is 2.10. The van der Waals surface area contributed by atoms with E-state index in [0.717, 1.165) is 7.11 Å². The molecule has 0 aliphatic rings. The Labute approximate surface area is 81.8 Å². The second kappa shape index (κ2) is 5.43. The van der Waals surface area contributed by atoms with Gasteiger partial charge in [0.05, 0.1) is 20.6 Å². The summed E-state index contributed by atoms with van der Waals surface area (Å²) in [5, 5.41) is 9.53. The zero-order chi connectivity index (χ0) is 11.2. The average Bonchev–Trinajstić information content (AvgIpc) is 2.13. The summed E-state index contributed by atoms with van der Waals surface area (Å²) in [5.41, 5.74) is -1.44. The van der Waals surface area contributed by atoms with Crippen LogP contribution in [0.4, 0.5) is 4.79 Å². The van der Waals surface area contributed by atoms with Gasteiger partial charge < -0.3 is 19.3 Å². The van der Waals surface area contributed by atoms with Crippen LogP contribution in [0, 0.1) is 0 Å². The van der Waals surface area contributed by atoms with E-state index in [2.05, 4.69) is 14.2 Å². The molecule has 1 unspecified atom stereocenters. The fourth-order valence-corrected chi connectivity index (χ4v) is 0.707. The van der Waals surface area contributed by atoms with Crippen molar-refractivity contribution in [2.45, 2.75) is 18.9 Å². The van der Waals surface area contributed by atoms with Crippen molar-refractivity contribution < 1.29 is 28.9 Å². The van der Waals surface area contributed by atoms with Gasteiger partial charge in [-0.25, -0.2) is 4.79 Å². The van der Waals surface area contributed by atoms with Crippen LogP contribution in [0.2, 0.25) is 0 Å². The van der Waals surface area contributed by atoms with E-state index in [9.17, 15) is 14.7 Å². The van der Waals surface area contributed by atoms with Crippen molar-refractivity contribution >= 4 is 12.1 Å². The van der Waals surface area contributed by atoms with Gasteiger partial charge in [-0.05, 0) is 6.92 Å². The Bertz CT molecular complexity index is 210. The monoisotopic (exact) mass is 206 g/mol. The molecule has 0 fully saturated rings. The van der Waals surface area contributed by atoms with Gasteiger partial charge in [0, 0.05) is 0 Å². The number of rotatable bonds is 4. The fourth-order valence-electron chi connectivity index (χ4n) is 0.707. The quantitative estimate of drug-likeness (QED) is 0.656. The van der Waals surface area contributed by atoms with Crippen LogP contribution >= 0.6 is 0 Å². The highest BCUT2D eigenvalue weighted by molar-refractivity contribution is 5.70. The van der Waals surface area contributed by atoms with Crippen LogP contribution in [-0.2, 0) is 19.0 Å². The van der Waals surface area contributed by atoms with Gasteiger partial charge in [-0.15, -0.1) is 0 Å². The van der Waals surface area contributed by atoms with Crippen LogP contribution in [0.3, 0.4) is 0 Å². The molecule has 0 saturated carbocycles. The maximum Gasteiger partial charge on any atom is 0.508 e. The predicted molar refractivity (Wildman–Crippen MR) is 45.6 cm³/mol. The van der Waals surface area contributed by atoms with Gasteiger partial charge >= 0.3 is 12.1 Å². The number of hydrogen-bond donors (Lipinski definition) is 1. The third-order valence-corrected chi connectivity index (χ3v) is 1.42. The molecule has 1 atom stereocenters. The summed E-state index contributed by atoms with van der Waals surface area (Å²) in [7, 11) is 2.36. The molecule has 0 aliphatic heterocycles. The molecule has 0 radical (unpaired) electrons. The molecule has 0 saturated heterocycles. The summed E-state index contributed by atoms with van der Waals surface area (Å²) < 4.78 is 13.0. The molecule has 82 valence electrons. The summed E-state index contributed by atoms with van der Waals surface area (Å²) in [6.07, 6.45) is -1.16. The van der Waals surface area contributed by atoms with Gasteiger partial charge in [-0.1, -0.05) is 0 Å². The number of ether oxygens (including phenoxy) is 3. The first-order valence-electron chi connectivity index (χ1n) is 3.91. The minimum absolute atomic E-state index is 0.250. The molecule has 6 heteroatoms. The second-order valence-corrected chi connectivity index (χ2v) is 2.99. The minimum atomic E-state index is -1.44. The summed E-state index contributed by atoms with van der Waals surface area (Å²) >= 11 is 0. The third-order valence-electron chi connectivity index (χ3n) is 1.42. The SMILES string of the molecule is COC(=O)CC(C)(O)COC(=O)OC. The van der Waals surface area contributed by atoms with E-state index in [1.165, 1.54) is 14.0 Å². The Balaban J connectivity index is 3.94. The summed E-state index contributed by atoms with van der Waals surface area (Å²) in [6, 6.07) is 0. The minimum Gasteiger partial charge on any atom is -0.469 e. The molecule has 14 heavy (non-hydrogen) atoms. The molecule has 0 amide bonds. The first-order chi connectivity index (χ1) is 6.41. The lowest BCUT2D eigenvalue weighted by Crippen LogP contribution is -2.35. The first kappa shape index (κ1) is 12.7. The Morgan fingerprint density at radius 1 is 1.29 bits per heavy atom. The first-order valence-corrected chi connectivity index (χ1v) is 3.91. The molecule has 0 rings (SSSR count). The molecular formula is C8H14O6. The Kier molecular flexibility index (Phi) is 4.93.